The first-order valence-corrected chi connectivity index (χ1v) is 6.21. The van der Waals surface area contributed by atoms with Gasteiger partial charge in [0.05, 0.1) is 6.10 Å². The summed E-state index contributed by atoms with van der Waals surface area (Å²) < 4.78 is 74.0. The smallest absolute Gasteiger partial charge is 0.375 e. The highest BCUT2D eigenvalue weighted by molar-refractivity contribution is 5.36. The molecule has 0 bridgehead atoms. The van der Waals surface area contributed by atoms with E-state index in [1.165, 1.54) is 12.1 Å². The van der Waals surface area contributed by atoms with E-state index in [0.717, 1.165) is 0 Å². The van der Waals surface area contributed by atoms with Gasteiger partial charge in [0.15, 0.2) is 0 Å². The van der Waals surface area contributed by atoms with Crippen LogP contribution < -0.4 is 4.74 Å². The van der Waals surface area contributed by atoms with Crippen molar-refractivity contribution >= 4 is 0 Å². The minimum atomic E-state index is -4.79. The predicted octanol–water partition coefficient (Wildman–Crippen LogP) is 4.46. The van der Waals surface area contributed by atoms with E-state index in [4.69, 9.17) is 4.74 Å². The van der Waals surface area contributed by atoms with Gasteiger partial charge in [0, 0.05) is 0 Å². The van der Waals surface area contributed by atoms with Gasteiger partial charge in [-0.05, 0) is 31.5 Å². The summed E-state index contributed by atoms with van der Waals surface area (Å²) in [7, 11) is 0. The monoisotopic (exact) mass is 308 g/mol. The lowest BCUT2D eigenvalue weighted by atomic mass is 9.96. The fraction of sp³-hybridized carbons (Fsp3) is 0.429. The fourth-order valence-electron chi connectivity index (χ4n) is 1.79. The maximum absolute atomic E-state index is 13.0. The van der Waals surface area contributed by atoms with Crippen molar-refractivity contribution in [3.63, 3.8) is 0 Å². The van der Waals surface area contributed by atoms with E-state index in [1.54, 1.807) is 26.0 Å². The van der Waals surface area contributed by atoms with Crippen LogP contribution in [-0.2, 0) is 11.3 Å². The molecule has 2 rings (SSSR count). The number of alkyl halides is 4. The van der Waals surface area contributed by atoms with Crippen molar-refractivity contribution in [2.75, 3.05) is 0 Å². The summed E-state index contributed by atoms with van der Waals surface area (Å²) in [6, 6.07) is 6.28. The zero-order valence-electron chi connectivity index (χ0n) is 11.3. The van der Waals surface area contributed by atoms with Gasteiger partial charge in [0.1, 0.15) is 12.4 Å². The van der Waals surface area contributed by atoms with Gasteiger partial charge in [-0.15, -0.1) is 0 Å². The maximum atomic E-state index is 13.0. The number of hydrogen-bond acceptors (Lipinski definition) is 2. The summed E-state index contributed by atoms with van der Waals surface area (Å²) in [5.74, 6) is -12.7. The van der Waals surface area contributed by atoms with E-state index in [-0.39, 0.29) is 6.10 Å². The number of allylic oxidation sites excluding steroid dienone is 2. The normalized spacial score (nSPS) is 19.4. The van der Waals surface area contributed by atoms with Crippen LogP contribution in [-0.4, -0.2) is 17.9 Å². The van der Waals surface area contributed by atoms with Crippen molar-refractivity contribution in [1.82, 2.24) is 0 Å². The summed E-state index contributed by atoms with van der Waals surface area (Å²) >= 11 is 0. The first-order chi connectivity index (χ1) is 9.66. The molecule has 0 unspecified atom stereocenters. The molecule has 7 heteroatoms. The van der Waals surface area contributed by atoms with E-state index < -0.39 is 30.0 Å². The number of benzene rings is 1. The molecule has 1 aliphatic rings. The van der Waals surface area contributed by atoms with Crippen LogP contribution in [0.2, 0.25) is 0 Å². The van der Waals surface area contributed by atoms with Crippen LogP contribution in [0.15, 0.2) is 35.9 Å². The highest BCUT2D eigenvalue weighted by atomic mass is 19.3. The van der Waals surface area contributed by atoms with Crippen molar-refractivity contribution in [1.29, 1.82) is 0 Å². The molecule has 0 aromatic heterocycles. The van der Waals surface area contributed by atoms with Gasteiger partial charge in [-0.25, -0.2) is 4.39 Å². The molecule has 0 N–H and O–H groups in total. The molecule has 0 amide bonds. The van der Waals surface area contributed by atoms with E-state index in [1.807, 2.05) is 0 Å². The summed E-state index contributed by atoms with van der Waals surface area (Å²) in [4.78, 5) is 0. The molecule has 0 spiro atoms. The van der Waals surface area contributed by atoms with E-state index >= 15 is 0 Å². The molecule has 116 valence electrons. The van der Waals surface area contributed by atoms with Crippen molar-refractivity contribution < 1.29 is 31.4 Å². The molecular weight excluding hydrogens is 295 g/mol. The van der Waals surface area contributed by atoms with Gasteiger partial charge in [0.2, 0.25) is 11.6 Å². The van der Waals surface area contributed by atoms with Crippen molar-refractivity contribution in [2.24, 2.45) is 0 Å². The molecule has 0 saturated heterocycles. The average molecular weight is 308 g/mol. The van der Waals surface area contributed by atoms with Gasteiger partial charge in [0.25, 0.3) is 0 Å². The van der Waals surface area contributed by atoms with E-state index in [2.05, 4.69) is 4.74 Å². The summed E-state index contributed by atoms with van der Waals surface area (Å²) in [5.41, 5.74) is 0.402. The lowest BCUT2D eigenvalue weighted by Crippen LogP contribution is -2.53. The third-order valence-corrected chi connectivity index (χ3v) is 2.81. The third-order valence-electron chi connectivity index (χ3n) is 2.81. The molecule has 1 aromatic carbocycles. The van der Waals surface area contributed by atoms with Gasteiger partial charge in [-0.1, -0.05) is 12.1 Å². The van der Waals surface area contributed by atoms with Crippen LogP contribution in [0.4, 0.5) is 22.0 Å². The maximum Gasteiger partial charge on any atom is 0.375 e. The molecule has 21 heavy (non-hydrogen) atoms. The first-order valence-electron chi connectivity index (χ1n) is 6.21. The van der Waals surface area contributed by atoms with Crippen molar-refractivity contribution in [3.8, 4) is 5.75 Å². The quantitative estimate of drug-likeness (QED) is 0.748. The zero-order valence-corrected chi connectivity index (χ0v) is 11.3. The SMILES string of the molecule is CC(C)Oc1cccc(COC2=C(F)C(F)(F)C2(F)F)c1. The lowest BCUT2D eigenvalue weighted by molar-refractivity contribution is -0.233. The molecule has 0 fully saturated rings. The van der Waals surface area contributed by atoms with Crippen LogP contribution in [0.1, 0.15) is 19.4 Å². The Morgan fingerprint density at radius 2 is 1.76 bits per heavy atom. The van der Waals surface area contributed by atoms with Gasteiger partial charge < -0.3 is 9.47 Å². The second-order valence-electron chi connectivity index (χ2n) is 4.89. The highest BCUT2D eigenvalue weighted by Crippen LogP contribution is 2.56. The summed E-state index contributed by atoms with van der Waals surface area (Å²) in [6.45, 7) is 3.16. The standard InChI is InChI=1S/C14H13F5O2/c1-8(2)21-10-5-3-4-9(6-10)7-20-12-11(15)13(16,17)14(12,18)19/h3-6,8H,7H2,1-2H3. The van der Waals surface area contributed by atoms with E-state index in [0.29, 0.717) is 11.3 Å². The van der Waals surface area contributed by atoms with Crippen LogP contribution in [0.3, 0.4) is 0 Å². The lowest BCUT2D eigenvalue weighted by Gasteiger charge is -2.35. The highest BCUT2D eigenvalue weighted by Gasteiger charge is 2.74. The Hall–Kier alpha value is -1.79. The summed E-state index contributed by atoms with van der Waals surface area (Å²) in [6.07, 6.45) is -0.0871. The van der Waals surface area contributed by atoms with Gasteiger partial charge in [-0.3, -0.25) is 0 Å². The molecular formula is C14H13F5O2. The molecule has 0 aliphatic heterocycles. The second kappa shape index (κ2) is 5.20. The number of halogens is 5. The van der Waals surface area contributed by atoms with Crippen LogP contribution in [0, 0.1) is 0 Å². The Labute approximate surface area is 118 Å². The Morgan fingerprint density at radius 3 is 2.33 bits per heavy atom. The van der Waals surface area contributed by atoms with Gasteiger partial charge >= 0.3 is 11.8 Å². The molecule has 0 heterocycles. The Bertz CT molecular complexity index is 566. The van der Waals surface area contributed by atoms with Crippen LogP contribution >= 0.6 is 0 Å². The number of ether oxygens (including phenoxy) is 2. The third kappa shape index (κ3) is 2.69. The van der Waals surface area contributed by atoms with E-state index in [9.17, 15) is 22.0 Å². The summed E-state index contributed by atoms with van der Waals surface area (Å²) in [5, 5.41) is 0. The minimum absolute atomic E-state index is 0.0871. The largest absolute Gasteiger partial charge is 0.491 e. The van der Waals surface area contributed by atoms with Crippen LogP contribution in [0.5, 0.6) is 5.75 Å². The van der Waals surface area contributed by atoms with Crippen molar-refractivity contribution in [3.05, 3.63) is 41.4 Å². The molecule has 2 nitrogen and oxygen atoms in total. The Balaban J connectivity index is 2.06. The molecule has 0 atom stereocenters. The first kappa shape index (κ1) is 15.6. The Kier molecular flexibility index (Phi) is 3.86. The molecule has 1 aliphatic carbocycles. The molecule has 0 saturated carbocycles. The van der Waals surface area contributed by atoms with Gasteiger partial charge in [-0.2, -0.15) is 17.6 Å². The fourth-order valence-corrected chi connectivity index (χ4v) is 1.79. The minimum Gasteiger partial charge on any atom is -0.491 e. The van der Waals surface area contributed by atoms with Crippen molar-refractivity contribution in [2.45, 2.75) is 38.4 Å². The Morgan fingerprint density at radius 1 is 1.10 bits per heavy atom. The predicted molar refractivity (Wildman–Crippen MR) is 65.0 cm³/mol. The molecule has 1 aromatic rings. The average Bonchev–Trinajstić information content (AvgIpc) is 2.37. The number of hydrogen-bond donors (Lipinski definition) is 0. The number of rotatable bonds is 5. The van der Waals surface area contributed by atoms with Crippen LogP contribution in [0.25, 0.3) is 0 Å². The topological polar surface area (TPSA) is 18.5 Å². The second-order valence-corrected chi connectivity index (χ2v) is 4.89. The zero-order chi connectivity index (χ0) is 15.8. The molecule has 0 radical (unpaired) electrons.